The fourth-order valence-electron chi connectivity index (χ4n) is 2.60. The molecular formula is C16H18OS. The van der Waals surface area contributed by atoms with Gasteiger partial charge in [-0.2, -0.15) is 0 Å². The third kappa shape index (κ3) is 2.49. The lowest BCUT2D eigenvalue weighted by Crippen LogP contribution is -2.10. The van der Waals surface area contributed by atoms with Crippen molar-refractivity contribution < 1.29 is 4.74 Å². The minimum absolute atomic E-state index is 0.438. The smallest absolute Gasteiger partial charge is 0.120 e. The molecule has 0 aliphatic heterocycles. The van der Waals surface area contributed by atoms with Crippen molar-refractivity contribution in [1.29, 1.82) is 0 Å². The highest BCUT2D eigenvalue weighted by molar-refractivity contribution is 7.98. The summed E-state index contributed by atoms with van der Waals surface area (Å²) in [5, 5.41) is 2.56. The van der Waals surface area contributed by atoms with E-state index in [-0.39, 0.29) is 0 Å². The Morgan fingerprint density at radius 3 is 2.50 bits per heavy atom. The van der Waals surface area contributed by atoms with E-state index in [1.54, 1.807) is 11.8 Å². The Morgan fingerprint density at radius 1 is 1.00 bits per heavy atom. The molecule has 0 amide bonds. The molecule has 3 rings (SSSR count). The third-order valence-corrected chi connectivity index (χ3v) is 4.35. The molecule has 0 unspecified atom stereocenters. The SMILES string of the molecule is CSc1ccc2cc(OC3CCCC3)ccc2c1. The van der Waals surface area contributed by atoms with Crippen LogP contribution in [0.5, 0.6) is 5.75 Å². The van der Waals surface area contributed by atoms with Gasteiger partial charge in [-0.1, -0.05) is 12.1 Å². The second-order valence-corrected chi connectivity index (χ2v) is 5.78. The Morgan fingerprint density at radius 2 is 1.72 bits per heavy atom. The van der Waals surface area contributed by atoms with E-state index in [2.05, 4.69) is 42.7 Å². The van der Waals surface area contributed by atoms with Crippen LogP contribution in [0, 0.1) is 0 Å². The standard InChI is InChI=1S/C16H18OS/c1-18-16-9-7-12-10-15(8-6-13(12)11-16)17-14-4-2-3-5-14/h6-11,14H,2-5H2,1H3. The van der Waals surface area contributed by atoms with Gasteiger partial charge in [0.15, 0.2) is 0 Å². The van der Waals surface area contributed by atoms with Crippen LogP contribution in [0.1, 0.15) is 25.7 Å². The van der Waals surface area contributed by atoms with Gasteiger partial charge in [-0.15, -0.1) is 11.8 Å². The highest BCUT2D eigenvalue weighted by Crippen LogP contribution is 2.28. The molecule has 2 heteroatoms. The maximum Gasteiger partial charge on any atom is 0.120 e. The van der Waals surface area contributed by atoms with Gasteiger partial charge in [0.2, 0.25) is 0 Å². The fraction of sp³-hybridized carbons (Fsp3) is 0.375. The van der Waals surface area contributed by atoms with E-state index in [4.69, 9.17) is 4.74 Å². The largest absolute Gasteiger partial charge is 0.490 e. The van der Waals surface area contributed by atoms with Gasteiger partial charge >= 0.3 is 0 Å². The second kappa shape index (κ2) is 5.23. The normalized spacial score (nSPS) is 16.3. The molecule has 1 aliphatic rings. The molecule has 1 saturated carbocycles. The van der Waals surface area contributed by atoms with E-state index in [0.29, 0.717) is 6.10 Å². The average Bonchev–Trinajstić information content (AvgIpc) is 2.91. The first-order valence-corrected chi connectivity index (χ1v) is 7.82. The maximum absolute atomic E-state index is 6.03. The maximum atomic E-state index is 6.03. The van der Waals surface area contributed by atoms with Crippen LogP contribution in [0.2, 0.25) is 0 Å². The van der Waals surface area contributed by atoms with Crippen molar-refractivity contribution in [3.8, 4) is 5.75 Å². The Kier molecular flexibility index (Phi) is 3.46. The number of fused-ring (bicyclic) bond motifs is 1. The van der Waals surface area contributed by atoms with Gasteiger partial charge in [-0.25, -0.2) is 0 Å². The van der Waals surface area contributed by atoms with Crippen LogP contribution in [0.25, 0.3) is 10.8 Å². The van der Waals surface area contributed by atoms with Gasteiger partial charge in [0.05, 0.1) is 6.10 Å². The molecule has 2 aromatic rings. The summed E-state index contributed by atoms with van der Waals surface area (Å²) >= 11 is 1.78. The molecule has 0 bridgehead atoms. The van der Waals surface area contributed by atoms with Crippen molar-refractivity contribution in [3.63, 3.8) is 0 Å². The van der Waals surface area contributed by atoms with Crippen molar-refractivity contribution in [1.82, 2.24) is 0 Å². The van der Waals surface area contributed by atoms with Gasteiger partial charge in [0.25, 0.3) is 0 Å². The van der Waals surface area contributed by atoms with Crippen molar-refractivity contribution in [2.75, 3.05) is 6.26 Å². The van der Waals surface area contributed by atoms with E-state index < -0.39 is 0 Å². The molecular weight excluding hydrogens is 240 g/mol. The van der Waals surface area contributed by atoms with Gasteiger partial charge in [0.1, 0.15) is 5.75 Å². The molecule has 0 atom stereocenters. The number of thioether (sulfide) groups is 1. The topological polar surface area (TPSA) is 9.23 Å². The average molecular weight is 258 g/mol. The molecule has 0 aromatic heterocycles. The molecule has 2 aromatic carbocycles. The van der Waals surface area contributed by atoms with Gasteiger partial charge in [0, 0.05) is 4.90 Å². The zero-order valence-corrected chi connectivity index (χ0v) is 11.5. The van der Waals surface area contributed by atoms with Crippen LogP contribution in [0.3, 0.4) is 0 Å². The summed E-state index contributed by atoms with van der Waals surface area (Å²) in [6, 6.07) is 13.0. The first-order valence-electron chi connectivity index (χ1n) is 6.59. The first kappa shape index (κ1) is 11.9. The summed E-state index contributed by atoms with van der Waals surface area (Å²) in [5.74, 6) is 1.02. The van der Waals surface area contributed by atoms with Gasteiger partial charge < -0.3 is 4.74 Å². The number of ether oxygens (including phenoxy) is 1. The Hall–Kier alpha value is -1.15. The molecule has 0 radical (unpaired) electrons. The Bertz CT molecular complexity index is 544. The van der Waals surface area contributed by atoms with E-state index in [0.717, 1.165) is 5.75 Å². The fourth-order valence-corrected chi connectivity index (χ4v) is 3.05. The Balaban J connectivity index is 1.86. The van der Waals surface area contributed by atoms with Crippen molar-refractivity contribution in [2.45, 2.75) is 36.7 Å². The number of hydrogen-bond acceptors (Lipinski definition) is 2. The predicted octanol–water partition coefficient (Wildman–Crippen LogP) is 4.88. The summed E-state index contributed by atoms with van der Waals surface area (Å²) in [6.45, 7) is 0. The highest BCUT2D eigenvalue weighted by Gasteiger charge is 2.16. The lowest BCUT2D eigenvalue weighted by molar-refractivity contribution is 0.210. The van der Waals surface area contributed by atoms with Crippen molar-refractivity contribution in [3.05, 3.63) is 36.4 Å². The molecule has 1 aliphatic carbocycles. The van der Waals surface area contributed by atoms with Crippen LogP contribution in [-0.2, 0) is 0 Å². The van der Waals surface area contributed by atoms with Crippen molar-refractivity contribution >= 4 is 22.5 Å². The second-order valence-electron chi connectivity index (χ2n) is 4.90. The summed E-state index contributed by atoms with van der Waals surface area (Å²) in [5.41, 5.74) is 0. The number of benzene rings is 2. The van der Waals surface area contributed by atoms with E-state index in [1.807, 2.05) is 0 Å². The minimum Gasteiger partial charge on any atom is -0.490 e. The lowest BCUT2D eigenvalue weighted by atomic mass is 10.1. The molecule has 18 heavy (non-hydrogen) atoms. The van der Waals surface area contributed by atoms with Crippen LogP contribution in [0.15, 0.2) is 41.3 Å². The molecule has 0 N–H and O–H groups in total. The van der Waals surface area contributed by atoms with Crippen LogP contribution in [-0.4, -0.2) is 12.4 Å². The minimum atomic E-state index is 0.438. The molecule has 0 heterocycles. The van der Waals surface area contributed by atoms with Crippen LogP contribution in [0.4, 0.5) is 0 Å². The highest BCUT2D eigenvalue weighted by atomic mass is 32.2. The predicted molar refractivity (Wildman–Crippen MR) is 78.6 cm³/mol. The quantitative estimate of drug-likeness (QED) is 0.725. The Labute approximate surface area is 113 Å². The summed E-state index contributed by atoms with van der Waals surface area (Å²) < 4.78 is 6.03. The molecule has 94 valence electrons. The summed E-state index contributed by atoms with van der Waals surface area (Å²) in [7, 11) is 0. The molecule has 0 saturated heterocycles. The molecule has 1 fully saturated rings. The van der Waals surface area contributed by atoms with E-state index in [9.17, 15) is 0 Å². The van der Waals surface area contributed by atoms with Gasteiger partial charge in [-0.05, 0) is 67.0 Å². The molecule has 1 nitrogen and oxygen atoms in total. The van der Waals surface area contributed by atoms with Crippen LogP contribution < -0.4 is 4.74 Å². The lowest BCUT2D eigenvalue weighted by Gasteiger charge is -2.13. The van der Waals surface area contributed by atoms with Crippen molar-refractivity contribution in [2.24, 2.45) is 0 Å². The molecule has 0 spiro atoms. The number of hydrogen-bond donors (Lipinski definition) is 0. The summed E-state index contributed by atoms with van der Waals surface area (Å²) in [4.78, 5) is 1.31. The van der Waals surface area contributed by atoms with Gasteiger partial charge in [-0.3, -0.25) is 0 Å². The monoisotopic (exact) mass is 258 g/mol. The third-order valence-electron chi connectivity index (χ3n) is 3.62. The summed E-state index contributed by atoms with van der Waals surface area (Å²) in [6.07, 6.45) is 7.60. The number of rotatable bonds is 3. The van der Waals surface area contributed by atoms with Crippen LogP contribution >= 0.6 is 11.8 Å². The van der Waals surface area contributed by atoms with E-state index in [1.165, 1.54) is 41.4 Å². The zero-order valence-electron chi connectivity index (χ0n) is 10.7. The van der Waals surface area contributed by atoms with E-state index >= 15 is 0 Å². The first-order chi connectivity index (χ1) is 8.85. The zero-order chi connectivity index (χ0) is 12.4.